The maximum atomic E-state index is 13.0. The summed E-state index contributed by atoms with van der Waals surface area (Å²) in [6, 6.07) is 5.34. The van der Waals surface area contributed by atoms with Crippen LogP contribution in [0.2, 0.25) is 0 Å². The number of aromatic nitrogens is 2. The summed E-state index contributed by atoms with van der Waals surface area (Å²) in [5.41, 5.74) is 2.28. The molecule has 158 valence electrons. The third-order valence-corrected chi connectivity index (χ3v) is 5.66. The van der Waals surface area contributed by atoms with Crippen molar-refractivity contribution in [2.75, 3.05) is 37.5 Å². The average molecular weight is 410 g/mol. The third kappa shape index (κ3) is 3.77. The van der Waals surface area contributed by atoms with Gasteiger partial charge >= 0.3 is 0 Å². The molecule has 8 heteroatoms. The molecule has 0 radical (unpaired) electrons. The van der Waals surface area contributed by atoms with Gasteiger partial charge in [0.1, 0.15) is 29.4 Å². The molecule has 3 aromatic rings. The number of amides is 1. The lowest BCUT2D eigenvalue weighted by molar-refractivity contribution is -0.120. The number of benzene rings is 1. The van der Waals surface area contributed by atoms with Crippen molar-refractivity contribution in [3.63, 3.8) is 0 Å². The second kappa shape index (κ2) is 8.22. The summed E-state index contributed by atoms with van der Waals surface area (Å²) in [6.07, 6.45) is 3.24. The monoisotopic (exact) mass is 410 g/mol. The largest absolute Gasteiger partial charge is 0.497 e. The van der Waals surface area contributed by atoms with Gasteiger partial charge in [-0.15, -0.1) is 0 Å². The minimum Gasteiger partial charge on any atom is -0.497 e. The van der Waals surface area contributed by atoms with Crippen LogP contribution in [0.1, 0.15) is 24.2 Å². The maximum Gasteiger partial charge on any atom is 0.231 e. The summed E-state index contributed by atoms with van der Waals surface area (Å²) in [7, 11) is 3.17. The van der Waals surface area contributed by atoms with Gasteiger partial charge in [-0.05, 0) is 26.7 Å². The van der Waals surface area contributed by atoms with Gasteiger partial charge in [-0.1, -0.05) is 0 Å². The third-order valence-electron chi connectivity index (χ3n) is 5.66. The van der Waals surface area contributed by atoms with Gasteiger partial charge in [-0.25, -0.2) is 9.97 Å². The minimum atomic E-state index is -0.158. The second-order valence-corrected chi connectivity index (χ2v) is 7.54. The maximum absolute atomic E-state index is 13.0. The highest BCUT2D eigenvalue weighted by atomic mass is 16.5. The predicted octanol–water partition coefficient (Wildman–Crippen LogP) is 3.71. The molecule has 1 amide bonds. The predicted molar refractivity (Wildman–Crippen MR) is 114 cm³/mol. The molecule has 8 nitrogen and oxygen atoms in total. The van der Waals surface area contributed by atoms with E-state index in [0.29, 0.717) is 29.4 Å². The molecule has 1 unspecified atom stereocenters. The van der Waals surface area contributed by atoms with Crippen LogP contribution in [0.4, 0.5) is 11.5 Å². The molecule has 1 saturated heterocycles. The Balaban J connectivity index is 1.54. The van der Waals surface area contributed by atoms with Crippen LogP contribution >= 0.6 is 0 Å². The van der Waals surface area contributed by atoms with Gasteiger partial charge in [-0.3, -0.25) is 4.79 Å². The summed E-state index contributed by atoms with van der Waals surface area (Å²) < 4.78 is 16.3. The first-order chi connectivity index (χ1) is 14.5. The van der Waals surface area contributed by atoms with Crippen molar-refractivity contribution < 1.29 is 18.7 Å². The standard InChI is InChI=1S/C22H26N4O4/c1-13-14(2)30-22-19(13)20(23-12-24-22)26-7-5-6-15(11-26)21(27)25-16-8-17(28-3)10-18(9-16)29-4/h8-10,12,15H,5-7,11H2,1-4H3,(H,25,27). The lowest BCUT2D eigenvalue weighted by Crippen LogP contribution is -2.41. The molecule has 1 atom stereocenters. The van der Waals surface area contributed by atoms with E-state index in [-0.39, 0.29) is 11.8 Å². The van der Waals surface area contributed by atoms with Crippen LogP contribution in [0.5, 0.6) is 11.5 Å². The Morgan fingerprint density at radius 2 is 1.90 bits per heavy atom. The van der Waals surface area contributed by atoms with Gasteiger partial charge in [0.05, 0.1) is 25.5 Å². The van der Waals surface area contributed by atoms with Crippen LogP contribution in [0.3, 0.4) is 0 Å². The highest BCUT2D eigenvalue weighted by Crippen LogP contribution is 2.33. The first-order valence-electron chi connectivity index (χ1n) is 9.99. The van der Waals surface area contributed by atoms with Gasteiger partial charge < -0.3 is 24.1 Å². The molecular formula is C22H26N4O4. The Labute approximate surface area is 175 Å². The van der Waals surface area contributed by atoms with Gasteiger partial charge in [0, 0.05) is 42.5 Å². The highest BCUT2D eigenvalue weighted by molar-refractivity contribution is 5.94. The van der Waals surface area contributed by atoms with Crippen molar-refractivity contribution in [2.24, 2.45) is 5.92 Å². The van der Waals surface area contributed by atoms with Crippen molar-refractivity contribution >= 4 is 28.5 Å². The van der Waals surface area contributed by atoms with E-state index < -0.39 is 0 Å². The molecule has 4 rings (SSSR count). The number of rotatable bonds is 5. The Hall–Kier alpha value is -3.29. The normalized spacial score (nSPS) is 16.5. The van der Waals surface area contributed by atoms with Crippen LogP contribution in [-0.4, -0.2) is 43.2 Å². The van der Waals surface area contributed by atoms with Crippen LogP contribution in [0.25, 0.3) is 11.1 Å². The summed E-state index contributed by atoms with van der Waals surface area (Å²) in [4.78, 5) is 23.9. The van der Waals surface area contributed by atoms with Crippen LogP contribution in [0, 0.1) is 19.8 Å². The van der Waals surface area contributed by atoms with Crippen LogP contribution in [0.15, 0.2) is 28.9 Å². The smallest absolute Gasteiger partial charge is 0.231 e. The SMILES string of the molecule is COc1cc(NC(=O)C2CCCN(c3ncnc4oc(C)c(C)c34)C2)cc(OC)c1. The number of carbonyl (C=O) groups is 1. The van der Waals surface area contributed by atoms with Crippen molar-refractivity contribution in [3.8, 4) is 11.5 Å². The average Bonchev–Trinajstić information content (AvgIpc) is 3.07. The Bertz CT molecular complexity index is 1060. The summed E-state index contributed by atoms with van der Waals surface area (Å²) in [5.74, 6) is 2.74. The van der Waals surface area contributed by atoms with Gasteiger partial charge in [0.2, 0.25) is 11.6 Å². The summed E-state index contributed by atoms with van der Waals surface area (Å²) >= 11 is 0. The number of nitrogens with one attached hydrogen (secondary N) is 1. The molecule has 0 spiro atoms. The van der Waals surface area contributed by atoms with E-state index in [1.54, 1.807) is 32.4 Å². The Kier molecular flexibility index (Phi) is 5.48. The number of hydrogen-bond acceptors (Lipinski definition) is 7. The molecule has 1 aromatic carbocycles. The van der Waals surface area contributed by atoms with Crippen LogP contribution in [-0.2, 0) is 4.79 Å². The van der Waals surface area contributed by atoms with E-state index in [9.17, 15) is 4.79 Å². The number of fused-ring (bicyclic) bond motifs is 1. The van der Waals surface area contributed by atoms with E-state index in [1.165, 1.54) is 6.33 Å². The lowest BCUT2D eigenvalue weighted by atomic mass is 9.96. The number of nitrogens with zero attached hydrogens (tertiary/aromatic N) is 3. The fourth-order valence-electron chi connectivity index (χ4n) is 3.91. The molecule has 1 N–H and O–H groups in total. The topological polar surface area (TPSA) is 89.7 Å². The zero-order chi connectivity index (χ0) is 21.3. The van der Waals surface area contributed by atoms with Gasteiger partial charge in [-0.2, -0.15) is 0 Å². The van der Waals surface area contributed by atoms with Crippen molar-refractivity contribution in [1.29, 1.82) is 0 Å². The number of ether oxygens (including phenoxy) is 2. The molecule has 1 aliphatic heterocycles. The van der Waals surface area contributed by atoms with E-state index >= 15 is 0 Å². The number of hydrogen-bond donors (Lipinski definition) is 1. The molecular weight excluding hydrogens is 384 g/mol. The number of furan rings is 1. The molecule has 0 saturated carbocycles. The van der Waals surface area contributed by atoms with Crippen molar-refractivity contribution in [1.82, 2.24) is 9.97 Å². The van der Waals surface area contributed by atoms with E-state index in [2.05, 4.69) is 20.2 Å². The van der Waals surface area contributed by atoms with Crippen molar-refractivity contribution in [3.05, 3.63) is 35.9 Å². The summed E-state index contributed by atoms with van der Waals surface area (Å²) in [6.45, 7) is 5.36. The number of piperidine rings is 1. The van der Waals surface area contributed by atoms with Crippen LogP contribution < -0.4 is 19.7 Å². The fourth-order valence-corrected chi connectivity index (χ4v) is 3.91. The number of aryl methyl sites for hydroxylation is 2. The number of carbonyl (C=O) groups excluding carboxylic acids is 1. The van der Waals surface area contributed by atoms with E-state index in [0.717, 1.165) is 41.9 Å². The molecule has 3 heterocycles. The van der Waals surface area contributed by atoms with E-state index in [1.807, 2.05) is 13.8 Å². The Morgan fingerprint density at radius 3 is 2.60 bits per heavy atom. The first kappa shape index (κ1) is 20.0. The quantitative estimate of drug-likeness (QED) is 0.686. The second-order valence-electron chi connectivity index (χ2n) is 7.54. The molecule has 1 fully saturated rings. The minimum absolute atomic E-state index is 0.0274. The first-order valence-corrected chi connectivity index (χ1v) is 9.99. The molecule has 30 heavy (non-hydrogen) atoms. The fraction of sp³-hybridized carbons (Fsp3) is 0.409. The van der Waals surface area contributed by atoms with Crippen molar-refractivity contribution in [2.45, 2.75) is 26.7 Å². The zero-order valence-corrected chi connectivity index (χ0v) is 17.7. The molecule has 0 bridgehead atoms. The highest BCUT2D eigenvalue weighted by Gasteiger charge is 2.29. The lowest BCUT2D eigenvalue weighted by Gasteiger charge is -2.33. The Morgan fingerprint density at radius 1 is 1.17 bits per heavy atom. The number of anilines is 2. The van der Waals surface area contributed by atoms with Gasteiger partial charge in [0.15, 0.2) is 0 Å². The zero-order valence-electron chi connectivity index (χ0n) is 17.7. The molecule has 2 aromatic heterocycles. The number of methoxy groups -OCH3 is 2. The molecule has 1 aliphatic rings. The molecule has 0 aliphatic carbocycles. The summed E-state index contributed by atoms with van der Waals surface area (Å²) in [5, 5.41) is 3.93. The van der Waals surface area contributed by atoms with Gasteiger partial charge in [0.25, 0.3) is 0 Å². The van der Waals surface area contributed by atoms with E-state index in [4.69, 9.17) is 13.9 Å².